The van der Waals surface area contributed by atoms with Crippen LogP contribution in [-0.4, -0.2) is 54.6 Å². The predicted molar refractivity (Wildman–Crippen MR) is 103 cm³/mol. The molecule has 1 aliphatic carbocycles. The molecule has 2 fully saturated rings. The van der Waals surface area contributed by atoms with E-state index in [9.17, 15) is 18.0 Å². The van der Waals surface area contributed by atoms with Gasteiger partial charge in [0, 0.05) is 37.7 Å². The van der Waals surface area contributed by atoms with E-state index in [4.69, 9.17) is 10.00 Å². The number of nitriles is 1. The van der Waals surface area contributed by atoms with Gasteiger partial charge in [-0.25, -0.2) is 18.1 Å². The number of pyridine rings is 1. The summed E-state index contributed by atoms with van der Waals surface area (Å²) in [6.45, 7) is -0.101. The lowest BCUT2D eigenvalue weighted by Gasteiger charge is -2.29. The third-order valence-corrected chi connectivity index (χ3v) is 6.55. The Morgan fingerprint density at radius 3 is 2.45 bits per heavy atom. The minimum absolute atomic E-state index is 0.0558. The van der Waals surface area contributed by atoms with E-state index in [1.54, 1.807) is 12.1 Å². The number of hydrogen-bond acceptors (Lipinski definition) is 7. The SMILES string of the molecule is N#Cc1ccc(OC2CCC(NS(=O)(=O)CCN3C(=O)CCCC3=O)CC2)nc1. The van der Waals surface area contributed by atoms with Crippen molar-refractivity contribution >= 4 is 21.8 Å². The number of ether oxygens (including phenoxy) is 1. The van der Waals surface area contributed by atoms with Crippen LogP contribution < -0.4 is 9.46 Å². The van der Waals surface area contributed by atoms with Crippen LogP contribution in [0.15, 0.2) is 18.3 Å². The van der Waals surface area contributed by atoms with Gasteiger partial charge >= 0.3 is 0 Å². The molecule has 0 atom stereocenters. The third kappa shape index (κ3) is 5.98. The van der Waals surface area contributed by atoms with Gasteiger partial charge in [-0.15, -0.1) is 0 Å². The van der Waals surface area contributed by atoms with Crippen molar-refractivity contribution in [2.45, 2.75) is 57.1 Å². The summed E-state index contributed by atoms with van der Waals surface area (Å²) in [4.78, 5) is 28.7. The van der Waals surface area contributed by atoms with Crippen LogP contribution in [0.5, 0.6) is 5.88 Å². The number of piperidine rings is 1. The van der Waals surface area contributed by atoms with Crippen LogP contribution in [-0.2, 0) is 19.6 Å². The Morgan fingerprint density at radius 1 is 1.17 bits per heavy atom. The van der Waals surface area contributed by atoms with Crippen LogP contribution in [0, 0.1) is 11.3 Å². The molecule has 3 rings (SSSR count). The number of amides is 2. The number of nitrogens with one attached hydrogen (secondary N) is 1. The highest BCUT2D eigenvalue weighted by Gasteiger charge is 2.29. The highest BCUT2D eigenvalue weighted by molar-refractivity contribution is 7.89. The maximum atomic E-state index is 12.4. The number of sulfonamides is 1. The van der Waals surface area contributed by atoms with Crippen LogP contribution >= 0.6 is 0 Å². The number of carbonyl (C=O) groups excluding carboxylic acids is 2. The van der Waals surface area contributed by atoms with Crippen LogP contribution in [0.4, 0.5) is 0 Å². The molecule has 1 aromatic rings. The van der Waals surface area contributed by atoms with Crippen molar-refractivity contribution in [3.8, 4) is 11.9 Å². The Kier molecular flexibility index (Phi) is 6.82. The van der Waals surface area contributed by atoms with Crippen LogP contribution in [0.2, 0.25) is 0 Å². The highest BCUT2D eigenvalue weighted by atomic mass is 32.2. The van der Waals surface area contributed by atoms with Crippen molar-refractivity contribution in [1.82, 2.24) is 14.6 Å². The molecule has 29 heavy (non-hydrogen) atoms. The van der Waals surface area contributed by atoms with Crippen LogP contribution in [0.3, 0.4) is 0 Å². The number of nitrogens with zero attached hydrogens (tertiary/aromatic N) is 3. The van der Waals surface area contributed by atoms with E-state index in [2.05, 4.69) is 9.71 Å². The maximum absolute atomic E-state index is 12.4. The molecular weight excluding hydrogens is 396 g/mol. The standard InChI is InChI=1S/C19H24N4O5S/c20-12-14-4-9-17(21-13-14)28-16-7-5-15(6-8-16)22-29(26,27)11-10-23-18(24)2-1-3-19(23)25/h4,9,13,15-16,22H,1-3,5-8,10-11H2. The highest BCUT2D eigenvalue weighted by Crippen LogP contribution is 2.23. The van der Waals surface area contributed by atoms with Gasteiger partial charge in [0.2, 0.25) is 27.7 Å². The van der Waals surface area contributed by atoms with E-state index in [-0.39, 0.29) is 49.1 Å². The molecule has 10 heteroatoms. The van der Waals surface area contributed by atoms with Gasteiger partial charge in [-0.05, 0) is 38.2 Å². The normalized spacial score (nSPS) is 22.9. The van der Waals surface area contributed by atoms with E-state index >= 15 is 0 Å². The summed E-state index contributed by atoms with van der Waals surface area (Å²) in [5.74, 6) is -0.435. The number of likely N-dealkylation sites (tertiary alicyclic amines) is 1. The summed E-state index contributed by atoms with van der Waals surface area (Å²) in [5.41, 5.74) is 0.461. The van der Waals surface area contributed by atoms with Gasteiger partial charge in [0.15, 0.2) is 0 Å². The number of rotatable bonds is 7. The first-order valence-electron chi connectivity index (χ1n) is 9.72. The molecule has 1 aliphatic heterocycles. The Hall–Kier alpha value is -2.51. The summed E-state index contributed by atoms with van der Waals surface area (Å²) in [7, 11) is -3.59. The zero-order chi connectivity index (χ0) is 20.9. The van der Waals surface area contributed by atoms with Crippen LogP contribution in [0.1, 0.15) is 50.5 Å². The van der Waals surface area contributed by atoms with Crippen LogP contribution in [0.25, 0.3) is 0 Å². The topological polar surface area (TPSA) is 129 Å². The zero-order valence-corrected chi connectivity index (χ0v) is 16.9. The van der Waals surface area contributed by atoms with Crippen molar-refractivity contribution in [3.05, 3.63) is 23.9 Å². The Labute approximate surface area is 170 Å². The fourth-order valence-corrected chi connectivity index (χ4v) is 4.84. The average molecular weight is 420 g/mol. The largest absolute Gasteiger partial charge is 0.474 e. The number of carbonyl (C=O) groups is 2. The van der Waals surface area contributed by atoms with Gasteiger partial charge in [-0.2, -0.15) is 5.26 Å². The summed E-state index contributed by atoms with van der Waals surface area (Å²) < 4.78 is 33.2. The van der Waals surface area contributed by atoms with E-state index < -0.39 is 10.0 Å². The molecule has 1 N–H and O–H groups in total. The van der Waals surface area contributed by atoms with E-state index in [0.717, 1.165) is 4.90 Å². The van der Waals surface area contributed by atoms with Crippen molar-refractivity contribution in [1.29, 1.82) is 5.26 Å². The lowest BCUT2D eigenvalue weighted by molar-refractivity contribution is -0.147. The number of aromatic nitrogens is 1. The quantitative estimate of drug-likeness (QED) is 0.654. The lowest BCUT2D eigenvalue weighted by Crippen LogP contribution is -2.46. The summed E-state index contributed by atoms with van der Waals surface area (Å²) in [5, 5.41) is 8.79. The van der Waals surface area contributed by atoms with Gasteiger partial charge in [0.25, 0.3) is 0 Å². The predicted octanol–water partition coefficient (Wildman–Crippen LogP) is 1.10. The van der Waals surface area contributed by atoms with Gasteiger partial charge < -0.3 is 4.74 Å². The average Bonchev–Trinajstić information content (AvgIpc) is 2.69. The lowest BCUT2D eigenvalue weighted by atomic mass is 9.94. The first-order valence-corrected chi connectivity index (χ1v) is 11.4. The molecule has 0 spiro atoms. The van der Waals surface area contributed by atoms with Gasteiger partial charge in [0.05, 0.1) is 11.3 Å². The van der Waals surface area contributed by atoms with Gasteiger partial charge in [-0.1, -0.05) is 0 Å². The Balaban J connectivity index is 1.43. The molecule has 156 valence electrons. The van der Waals surface area contributed by atoms with E-state index in [0.29, 0.717) is 43.5 Å². The van der Waals surface area contributed by atoms with Crippen molar-refractivity contribution < 1.29 is 22.7 Å². The summed E-state index contributed by atoms with van der Waals surface area (Å²) in [6, 6.07) is 5.09. The van der Waals surface area contributed by atoms with Gasteiger partial charge in [0.1, 0.15) is 12.2 Å². The second-order valence-electron chi connectivity index (χ2n) is 7.32. The van der Waals surface area contributed by atoms with E-state index in [1.165, 1.54) is 6.20 Å². The first-order chi connectivity index (χ1) is 13.9. The summed E-state index contributed by atoms with van der Waals surface area (Å²) >= 11 is 0. The molecule has 2 aliphatic rings. The fraction of sp³-hybridized carbons (Fsp3) is 0.579. The minimum atomic E-state index is -3.59. The zero-order valence-electron chi connectivity index (χ0n) is 16.0. The molecule has 2 heterocycles. The second-order valence-corrected chi connectivity index (χ2v) is 9.19. The number of hydrogen-bond donors (Lipinski definition) is 1. The molecular formula is C19H24N4O5S. The first kappa shape index (κ1) is 21.2. The number of imide groups is 1. The van der Waals surface area contributed by atoms with Crippen molar-refractivity contribution in [2.24, 2.45) is 0 Å². The molecule has 0 unspecified atom stereocenters. The molecule has 9 nitrogen and oxygen atoms in total. The molecule has 0 radical (unpaired) electrons. The minimum Gasteiger partial charge on any atom is -0.474 e. The molecule has 0 bridgehead atoms. The monoisotopic (exact) mass is 420 g/mol. The Morgan fingerprint density at radius 2 is 1.86 bits per heavy atom. The molecule has 1 saturated carbocycles. The Bertz CT molecular complexity index is 870. The van der Waals surface area contributed by atoms with Gasteiger partial charge in [-0.3, -0.25) is 14.5 Å². The van der Waals surface area contributed by atoms with Crippen molar-refractivity contribution in [2.75, 3.05) is 12.3 Å². The summed E-state index contributed by atoms with van der Waals surface area (Å²) in [6.07, 6.45) is 5.11. The molecule has 2 amide bonds. The smallest absolute Gasteiger partial charge is 0.229 e. The van der Waals surface area contributed by atoms with E-state index in [1.807, 2.05) is 6.07 Å². The third-order valence-electron chi connectivity index (χ3n) is 5.14. The maximum Gasteiger partial charge on any atom is 0.229 e. The molecule has 1 saturated heterocycles. The molecule has 1 aromatic heterocycles. The van der Waals surface area contributed by atoms with Crippen molar-refractivity contribution in [3.63, 3.8) is 0 Å². The second kappa shape index (κ2) is 9.33. The molecule has 0 aromatic carbocycles. The fourth-order valence-electron chi connectivity index (χ4n) is 3.56.